The van der Waals surface area contributed by atoms with Crippen molar-refractivity contribution >= 4 is 17.5 Å². The third-order valence-electron chi connectivity index (χ3n) is 5.51. The third-order valence-corrected chi connectivity index (χ3v) is 5.74. The molecule has 0 aliphatic rings. The van der Waals surface area contributed by atoms with E-state index >= 15 is 0 Å². The van der Waals surface area contributed by atoms with Crippen LogP contribution < -0.4 is 5.32 Å². The zero-order valence-corrected chi connectivity index (χ0v) is 19.2. The number of nitrogens with zero attached hydrogens (tertiary/aromatic N) is 2. The molecule has 4 aromatic rings. The zero-order valence-electron chi connectivity index (χ0n) is 18.4. The number of hydrogen-bond donors (Lipinski definition) is 3. The molecule has 4 rings (SSSR count). The zero-order chi connectivity index (χ0) is 25.2. The van der Waals surface area contributed by atoms with E-state index in [9.17, 15) is 22.4 Å². The van der Waals surface area contributed by atoms with Crippen LogP contribution in [0.1, 0.15) is 49.7 Å². The van der Waals surface area contributed by atoms with Crippen molar-refractivity contribution in [3.8, 4) is 0 Å². The quantitative estimate of drug-likeness (QED) is 0.295. The summed E-state index contributed by atoms with van der Waals surface area (Å²) >= 11 is 5.82. The van der Waals surface area contributed by atoms with Crippen molar-refractivity contribution in [1.29, 1.82) is 0 Å². The molecular weight excluding hydrogens is 486 g/mol. The first-order chi connectivity index (χ1) is 16.6. The van der Waals surface area contributed by atoms with Gasteiger partial charge in [-0.2, -0.15) is 23.4 Å². The average molecular weight is 506 g/mol. The van der Waals surface area contributed by atoms with E-state index in [0.29, 0.717) is 12.0 Å². The number of rotatable bonds is 7. The third kappa shape index (κ3) is 5.71. The van der Waals surface area contributed by atoms with E-state index in [1.165, 1.54) is 12.1 Å². The maximum absolute atomic E-state index is 13.9. The monoisotopic (exact) mass is 505 g/mol. The van der Waals surface area contributed by atoms with Gasteiger partial charge in [0.05, 0.1) is 11.9 Å². The molecule has 182 valence electrons. The van der Waals surface area contributed by atoms with Gasteiger partial charge in [0.2, 0.25) is 0 Å². The van der Waals surface area contributed by atoms with Gasteiger partial charge < -0.3 is 5.32 Å². The fraction of sp³-hybridized carbons (Fsp3) is 0.208. The number of amides is 1. The van der Waals surface area contributed by atoms with E-state index in [1.807, 2.05) is 19.1 Å². The Bertz CT molecular complexity index is 1340. The molecule has 0 saturated heterocycles. The standard InChI is InChI=1S/C24H20ClF4N5O/c1-13-11-31-32-19(13)8-14-2-4-15(5-3-14)9-20-21(24(27,28)29)22(34-33-20)23(35)30-12-16-10-17(25)6-7-18(16)26/h2-7,10-11H,8-9,12H2,1H3,(H,30,35)(H,31,32)(H,33,34). The molecule has 0 aliphatic carbocycles. The van der Waals surface area contributed by atoms with Gasteiger partial charge in [-0.05, 0) is 41.8 Å². The number of alkyl halides is 3. The van der Waals surface area contributed by atoms with Crippen molar-refractivity contribution in [3.05, 3.63) is 104 Å². The number of hydrogen-bond acceptors (Lipinski definition) is 3. The number of aryl methyl sites for hydroxylation is 1. The van der Waals surface area contributed by atoms with E-state index in [1.54, 1.807) is 18.3 Å². The van der Waals surface area contributed by atoms with E-state index in [4.69, 9.17) is 11.6 Å². The first kappa shape index (κ1) is 24.5. The SMILES string of the molecule is Cc1cn[nH]c1Cc1ccc(Cc2[nH]nc(C(=O)NCc3cc(Cl)ccc3F)c2C(F)(F)F)cc1. The molecule has 0 spiro atoms. The summed E-state index contributed by atoms with van der Waals surface area (Å²) in [5, 5.41) is 15.4. The molecule has 2 aromatic heterocycles. The Balaban J connectivity index is 1.51. The Morgan fingerprint density at radius 1 is 1.03 bits per heavy atom. The van der Waals surface area contributed by atoms with Crippen LogP contribution in [0.5, 0.6) is 0 Å². The van der Waals surface area contributed by atoms with Crippen molar-refractivity contribution < 1.29 is 22.4 Å². The molecule has 0 aliphatic heterocycles. The Hall–Kier alpha value is -3.66. The van der Waals surface area contributed by atoms with Crippen LogP contribution >= 0.6 is 11.6 Å². The molecule has 35 heavy (non-hydrogen) atoms. The number of H-pyrrole nitrogens is 2. The maximum Gasteiger partial charge on any atom is 0.420 e. The molecule has 3 N–H and O–H groups in total. The summed E-state index contributed by atoms with van der Waals surface area (Å²) in [6.07, 6.45) is -2.60. The van der Waals surface area contributed by atoms with Crippen LogP contribution in [-0.4, -0.2) is 26.3 Å². The highest BCUT2D eigenvalue weighted by Gasteiger charge is 2.40. The number of aromatic nitrogens is 4. The second-order valence-corrected chi connectivity index (χ2v) is 8.48. The average Bonchev–Trinajstić information content (AvgIpc) is 3.41. The van der Waals surface area contributed by atoms with Gasteiger partial charge in [-0.3, -0.25) is 15.0 Å². The minimum Gasteiger partial charge on any atom is -0.346 e. The van der Waals surface area contributed by atoms with Crippen molar-refractivity contribution in [1.82, 2.24) is 25.7 Å². The largest absolute Gasteiger partial charge is 0.420 e. The Kier molecular flexibility index (Phi) is 6.93. The molecule has 0 bridgehead atoms. The van der Waals surface area contributed by atoms with Crippen LogP contribution in [0.25, 0.3) is 0 Å². The van der Waals surface area contributed by atoms with Gasteiger partial charge >= 0.3 is 6.18 Å². The maximum atomic E-state index is 13.9. The van der Waals surface area contributed by atoms with Gasteiger partial charge in [-0.15, -0.1) is 0 Å². The van der Waals surface area contributed by atoms with Gasteiger partial charge in [0.15, 0.2) is 5.69 Å². The second-order valence-electron chi connectivity index (χ2n) is 8.04. The van der Waals surface area contributed by atoms with Crippen LogP contribution in [0.2, 0.25) is 5.02 Å². The number of nitrogens with one attached hydrogen (secondary N) is 3. The summed E-state index contributed by atoms with van der Waals surface area (Å²) in [7, 11) is 0. The number of benzene rings is 2. The van der Waals surface area contributed by atoms with E-state index in [2.05, 4.69) is 25.7 Å². The van der Waals surface area contributed by atoms with Crippen molar-refractivity contribution in [3.63, 3.8) is 0 Å². The minimum absolute atomic E-state index is 0.0422. The van der Waals surface area contributed by atoms with Crippen molar-refractivity contribution in [2.24, 2.45) is 0 Å². The Morgan fingerprint density at radius 2 is 1.69 bits per heavy atom. The van der Waals surface area contributed by atoms with Crippen molar-refractivity contribution in [2.75, 3.05) is 0 Å². The molecule has 0 unspecified atom stereocenters. The highest BCUT2D eigenvalue weighted by Crippen LogP contribution is 2.35. The number of aromatic amines is 2. The summed E-state index contributed by atoms with van der Waals surface area (Å²) < 4.78 is 55.5. The predicted octanol–water partition coefficient (Wildman–Crippen LogP) is 5.36. The van der Waals surface area contributed by atoms with E-state index < -0.39 is 29.2 Å². The highest BCUT2D eigenvalue weighted by atomic mass is 35.5. The molecule has 0 atom stereocenters. The molecule has 2 aromatic carbocycles. The molecule has 0 radical (unpaired) electrons. The van der Waals surface area contributed by atoms with Gasteiger partial charge in [-0.25, -0.2) is 4.39 Å². The summed E-state index contributed by atoms with van der Waals surface area (Å²) in [4.78, 5) is 12.5. The first-order valence-electron chi connectivity index (χ1n) is 10.5. The minimum atomic E-state index is -4.83. The Morgan fingerprint density at radius 3 is 2.29 bits per heavy atom. The fourth-order valence-electron chi connectivity index (χ4n) is 3.65. The van der Waals surface area contributed by atoms with Gasteiger partial charge in [0.1, 0.15) is 11.4 Å². The molecule has 0 fully saturated rings. The lowest BCUT2D eigenvalue weighted by Gasteiger charge is -2.11. The molecule has 11 heteroatoms. The molecule has 6 nitrogen and oxygen atoms in total. The molecule has 2 heterocycles. The highest BCUT2D eigenvalue weighted by molar-refractivity contribution is 6.30. The van der Waals surface area contributed by atoms with Crippen LogP contribution in [0, 0.1) is 12.7 Å². The summed E-state index contributed by atoms with van der Waals surface area (Å²) in [5.41, 5.74) is 1.39. The molecule has 1 amide bonds. The number of carbonyl (C=O) groups excluding carboxylic acids is 1. The van der Waals surface area contributed by atoms with Crippen LogP contribution in [0.15, 0.2) is 48.7 Å². The molecular formula is C24H20ClF4N5O. The predicted molar refractivity (Wildman–Crippen MR) is 122 cm³/mol. The Labute approximate surface area is 202 Å². The lowest BCUT2D eigenvalue weighted by Crippen LogP contribution is -2.26. The van der Waals surface area contributed by atoms with Gasteiger partial charge in [-0.1, -0.05) is 35.9 Å². The van der Waals surface area contributed by atoms with Crippen LogP contribution in [0.4, 0.5) is 17.6 Å². The van der Waals surface area contributed by atoms with Gasteiger partial charge in [0, 0.05) is 35.7 Å². The van der Waals surface area contributed by atoms with Crippen LogP contribution in [0.3, 0.4) is 0 Å². The van der Waals surface area contributed by atoms with E-state index in [0.717, 1.165) is 22.9 Å². The fourth-order valence-corrected chi connectivity index (χ4v) is 3.84. The summed E-state index contributed by atoms with van der Waals surface area (Å²) in [6.45, 7) is 1.59. The van der Waals surface area contributed by atoms with Crippen LogP contribution in [-0.2, 0) is 25.6 Å². The smallest absolute Gasteiger partial charge is 0.346 e. The van der Waals surface area contributed by atoms with Gasteiger partial charge in [0.25, 0.3) is 5.91 Å². The molecule has 0 saturated carbocycles. The second kappa shape index (κ2) is 9.91. The van der Waals surface area contributed by atoms with Crippen molar-refractivity contribution in [2.45, 2.75) is 32.5 Å². The lowest BCUT2D eigenvalue weighted by molar-refractivity contribution is -0.138. The lowest BCUT2D eigenvalue weighted by atomic mass is 10.0. The number of halogens is 5. The first-order valence-corrected chi connectivity index (χ1v) is 10.9. The number of carbonyl (C=O) groups is 1. The normalized spacial score (nSPS) is 11.6. The summed E-state index contributed by atoms with van der Waals surface area (Å²) in [5.74, 6) is -1.72. The van der Waals surface area contributed by atoms with E-state index in [-0.39, 0.29) is 29.2 Å². The summed E-state index contributed by atoms with van der Waals surface area (Å²) in [6, 6.07) is 10.8. The topological polar surface area (TPSA) is 86.5 Å².